The van der Waals surface area contributed by atoms with E-state index in [4.69, 9.17) is 4.74 Å². The summed E-state index contributed by atoms with van der Waals surface area (Å²) in [5.74, 6) is 0.492. The number of carbonyl (C=O) groups is 1. The van der Waals surface area contributed by atoms with Crippen molar-refractivity contribution in [2.24, 2.45) is 4.99 Å². The lowest BCUT2D eigenvalue weighted by molar-refractivity contribution is -0.137. The Morgan fingerprint density at radius 3 is 2.29 bits per heavy atom. The van der Waals surface area contributed by atoms with Crippen molar-refractivity contribution >= 4 is 35.8 Å². The number of nitrogens with zero attached hydrogens (tertiary/aromatic N) is 2. The average molecular weight is 560 g/mol. The molecule has 0 heterocycles. The number of alkyl halides is 3. The molecule has 178 valence electrons. The maximum Gasteiger partial charge on any atom is 0.416 e. The molecule has 1 amide bonds. The molecule has 0 aromatic heterocycles. The van der Waals surface area contributed by atoms with Crippen LogP contribution >= 0.6 is 24.0 Å². The maximum absolute atomic E-state index is 12.6. The Morgan fingerprint density at radius 2 is 1.81 bits per heavy atom. The highest BCUT2D eigenvalue weighted by molar-refractivity contribution is 14.0. The van der Waals surface area contributed by atoms with Crippen LogP contribution in [-0.4, -0.2) is 66.8 Å². The summed E-state index contributed by atoms with van der Waals surface area (Å²) in [6, 6.07) is 4.23. The third-order valence-electron chi connectivity index (χ3n) is 3.67. The molecule has 0 fully saturated rings. The second kappa shape index (κ2) is 12.9. The lowest BCUT2D eigenvalue weighted by Crippen LogP contribution is -2.49. The zero-order chi connectivity index (χ0) is 22.9. The third kappa shape index (κ3) is 12.0. The van der Waals surface area contributed by atoms with E-state index >= 15 is 0 Å². The number of guanidine groups is 1. The topological polar surface area (TPSA) is 86.2 Å². The van der Waals surface area contributed by atoms with Gasteiger partial charge in [-0.2, -0.15) is 13.2 Å². The molecule has 0 spiro atoms. The van der Waals surface area contributed by atoms with E-state index in [1.165, 1.54) is 12.1 Å². The van der Waals surface area contributed by atoms with Crippen LogP contribution in [0.25, 0.3) is 0 Å². The molecule has 0 aliphatic heterocycles. The van der Waals surface area contributed by atoms with E-state index in [0.29, 0.717) is 12.5 Å². The standard InChI is InChI=1S/C20H31F3N4O3.HI/c1-6-24-18(27(5)12-17(29)26-19(2,3)4)25-11-15(28)13-30-16-9-7-14(8-10-16)20(21,22)23;/h7-10,15,28H,6,11-13H2,1-5H3,(H,24,25)(H,26,29);1H. The number of amides is 1. The van der Waals surface area contributed by atoms with Crippen LogP contribution in [0.5, 0.6) is 5.75 Å². The van der Waals surface area contributed by atoms with Crippen molar-refractivity contribution in [1.29, 1.82) is 0 Å². The van der Waals surface area contributed by atoms with Crippen LogP contribution in [0.15, 0.2) is 29.3 Å². The molecule has 0 bridgehead atoms. The van der Waals surface area contributed by atoms with Gasteiger partial charge in [0.1, 0.15) is 18.5 Å². The van der Waals surface area contributed by atoms with Gasteiger partial charge in [-0.05, 0) is 52.0 Å². The van der Waals surface area contributed by atoms with Crippen LogP contribution in [-0.2, 0) is 11.0 Å². The molecule has 0 saturated carbocycles. The number of hydrogen-bond acceptors (Lipinski definition) is 4. The first-order valence-corrected chi connectivity index (χ1v) is 9.60. The van der Waals surface area contributed by atoms with Crippen LogP contribution in [0, 0.1) is 0 Å². The zero-order valence-electron chi connectivity index (χ0n) is 18.4. The summed E-state index contributed by atoms with van der Waals surface area (Å²) in [5.41, 5.74) is -1.12. The van der Waals surface area contributed by atoms with Gasteiger partial charge in [-0.3, -0.25) is 9.79 Å². The molecular weight excluding hydrogens is 528 g/mol. The minimum atomic E-state index is -4.41. The van der Waals surface area contributed by atoms with Gasteiger partial charge < -0.3 is 25.4 Å². The number of ether oxygens (including phenoxy) is 1. The summed E-state index contributed by atoms with van der Waals surface area (Å²) in [6.45, 7) is 8.05. The SMILES string of the molecule is CCNC(=NCC(O)COc1ccc(C(F)(F)F)cc1)N(C)CC(=O)NC(C)(C)C.I. The Hall–Kier alpha value is -1.76. The summed E-state index contributed by atoms with van der Waals surface area (Å²) in [4.78, 5) is 18.0. The Balaban J connectivity index is 0.00000900. The summed E-state index contributed by atoms with van der Waals surface area (Å²) in [5, 5.41) is 16.0. The summed E-state index contributed by atoms with van der Waals surface area (Å²) < 4.78 is 43.0. The van der Waals surface area contributed by atoms with E-state index < -0.39 is 17.8 Å². The van der Waals surface area contributed by atoms with Gasteiger partial charge in [0.25, 0.3) is 0 Å². The average Bonchev–Trinajstić information content (AvgIpc) is 2.61. The maximum atomic E-state index is 12.6. The predicted molar refractivity (Wildman–Crippen MR) is 125 cm³/mol. The largest absolute Gasteiger partial charge is 0.491 e. The van der Waals surface area contributed by atoms with Crippen molar-refractivity contribution in [3.63, 3.8) is 0 Å². The predicted octanol–water partition coefficient (Wildman–Crippen LogP) is 2.88. The third-order valence-corrected chi connectivity index (χ3v) is 3.67. The van der Waals surface area contributed by atoms with Crippen LogP contribution in [0.4, 0.5) is 13.2 Å². The highest BCUT2D eigenvalue weighted by Crippen LogP contribution is 2.30. The molecule has 3 N–H and O–H groups in total. The van der Waals surface area contributed by atoms with Gasteiger partial charge in [0, 0.05) is 19.1 Å². The quantitative estimate of drug-likeness (QED) is 0.259. The number of likely N-dealkylation sites (N-methyl/N-ethyl adjacent to an activating group) is 1. The van der Waals surface area contributed by atoms with Gasteiger partial charge in [-0.1, -0.05) is 0 Å². The van der Waals surface area contributed by atoms with E-state index in [9.17, 15) is 23.1 Å². The fourth-order valence-corrected chi connectivity index (χ4v) is 2.39. The minimum Gasteiger partial charge on any atom is -0.491 e. The first-order chi connectivity index (χ1) is 13.8. The molecule has 1 aromatic carbocycles. The van der Waals surface area contributed by atoms with Crippen molar-refractivity contribution in [3.05, 3.63) is 29.8 Å². The Labute approximate surface area is 198 Å². The fraction of sp³-hybridized carbons (Fsp3) is 0.600. The summed E-state index contributed by atoms with van der Waals surface area (Å²) in [6.07, 6.45) is -5.39. The molecule has 7 nitrogen and oxygen atoms in total. The molecule has 1 atom stereocenters. The molecule has 0 aliphatic carbocycles. The number of aliphatic hydroxyl groups is 1. The van der Waals surface area contributed by atoms with Gasteiger partial charge in [-0.15, -0.1) is 24.0 Å². The van der Waals surface area contributed by atoms with Gasteiger partial charge in [0.15, 0.2) is 5.96 Å². The minimum absolute atomic E-state index is 0. The van der Waals surface area contributed by atoms with Crippen LogP contribution in [0.1, 0.15) is 33.3 Å². The molecule has 1 unspecified atom stereocenters. The Kier molecular flexibility index (Phi) is 12.2. The van der Waals surface area contributed by atoms with Crippen LogP contribution in [0.2, 0.25) is 0 Å². The molecule has 0 saturated heterocycles. The van der Waals surface area contributed by atoms with Crippen molar-refractivity contribution in [1.82, 2.24) is 15.5 Å². The number of aliphatic imine (C=N–C) groups is 1. The van der Waals surface area contributed by atoms with E-state index in [0.717, 1.165) is 12.1 Å². The monoisotopic (exact) mass is 560 g/mol. The van der Waals surface area contributed by atoms with Gasteiger partial charge >= 0.3 is 6.18 Å². The van der Waals surface area contributed by atoms with Gasteiger partial charge in [-0.25, -0.2) is 0 Å². The second-order valence-corrected chi connectivity index (χ2v) is 7.84. The smallest absolute Gasteiger partial charge is 0.416 e. The number of benzene rings is 1. The zero-order valence-corrected chi connectivity index (χ0v) is 20.7. The highest BCUT2D eigenvalue weighted by atomic mass is 127. The van der Waals surface area contributed by atoms with E-state index in [2.05, 4.69) is 15.6 Å². The Bertz CT molecular complexity index is 707. The normalized spacial score (nSPS) is 13.1. The first kappa shape index (κ1) is 29.2. The Morgan fingerprint density at radius 1 is 1.23 bits per heavy atom. The number of hydrogen-bond donors (Lipinski definition) is 3. The highest BCUT2D eigenvalue weighted by Gasteiger charge is 2.30. The first-order valence-electron chi connectivity index (χ1n) is 9.60. The van der Waals surface area contributed by atoms with E-state index in [-0.39, 0.29) is 60.9 Å². The molecule has 0 aliphatic rings. The van der Waals surface area contributed by atoms with E-state index in [1.807, 2.05) is 27.7 Å². The summed E-state index contributed by atoms with van der Waals surface area (Å²) in [7, 11) is 1.70. The molecular formula is C20H32F3IN4O3. The molecule has 11 heteroatoms. The van der Waals surface area contributed by atoms with Crippen molar-refractivity contribution in [2.45, 2.75) is 45.5 Å². The van der Waals surface area contributed by atoms with Crippen molar-refractivity contribution in [3.8, 4) is 5.75 Å². The number of rotatable bonds is 8. The van der Waals surface area contributed by atoms with Gasteiger partial charge in [0.05, 0.1) is 18.7 Å². The molecule has 0 radical (unpaired) electrons. The number of aliphatic hydroxyl groups excluding tert-OH is 1. The number of nitrogens with one attached hydrogen (secondary N) is 2. The van der Waals surface area contributed by atoms with E-state index in [1.54, 1.807) is 11.9 Å². The number of carbonyl (C=O) groups excluding carboxylic acids is 1. The van der Waals surface area contributed by atoms with Gasteiger partial charge in [0.2, 0.25) is 5.91 Å². The van der Waals surface area contributed by atoms with Crippen molar-refractivity contribution < 1.29 is 27.8 Å². The van der Waals surface area contributed by atoms with Crippen molar-refractivity contribution in [2.75, 3.05) is 33.3 Å². The molecule has 1 aromatic rings. The lowest BCUT2D eigenvalue weighted by atomic mass is 10.1. The molecule has 31 heavy (non-hydrogen) atoms. The fourth-order valence-electron chi connectivity index (χ4n) is 2.39. The summed E-state index contributed by atoms with van der Waals surface area (Å²) >= 11 is 0. The number of halogens is 4. The molecule has 1 rings (SSSR count). The lowest BCUT2D eigenvalue weighted by Gasteiger charge is -2.25. The van der Waals surface area contributed by atoms with Crippen LogP contribution < -0.4 is 15.4 Å². The van der Waals surface area contributed by atoms with Crippen LogP contribution in [0.3, 0.4) is 0 Å². The second-order valence-electron chi connectivity index (χ2n) is 7.84.